The first kappa shape index (κ1) is 18.9. The molecule has 0 N–H and O–H groups in total. The Morgan fingerprint density at radius 1 is 1.08 bits per heavy atom. The fraction of sp³-hybridized carbons (Fsp3) is 0.500. The predicted octanol–water partition coefficient (Wildman–Crippen LogP) is 4.35. The summed E-state index contributed by atoms with van der Waals surface area (Å²) in [5, 5.41) is 0. The van der Waals surface area contributed by atoms with Crippen LogP contribution in [0.15, 0.2) is 23.3 Å². The minimum atomic E-state index is 0. The number of hydrogen-bond donors (Lipinski definition) is 0. The van der Waals surface area contributed by atoms with Crippen molar-refractivity contribution in [3.63, 3.8) is 0 Å². The Kier molecular flexibility index (Phi) is 14.9. The van der Waals surface area contributed by atoms with E-state index in [-0.39, 0.29) is 35.9 Å². The Morgan fingerprint density at radius 2 is 1.69 bits per heavy atom. The molecule has 0 atom stereocenters. The van der Waals surface area contributed by atoms with E-state index in [2.05, 4.69) is 26.0 Å². The molecule has 0 aromatic heterocycles. The van der Waals surface area contributed by atoms with Crippen molar-refractivity contribution >= 4 is 0 Å². The van der Waals surface area contributed by atoms with Crippen molar-refractivity contribution < 1.29 is 21.1 Å². The fourth-order valence-electron chi connectivity index (χ4n) is 1.25. The van der Waals surface area contributed by atoms with Crippen LogP contribution in [0.3, 0.4) is 0 Å². The first-order valence-electron chi connectivity index (χ1n) is 4.13. The van der Waals surface area contributed by atoms with Crippen molar-refractivity contribution in [3.05, 3.63) is 38.2 Å². The van der Waals surface area contributed by atoms with Crippen molar-refractivity contribution in [3.8, 4) is 0 Å². The van der Waals surface area contributed by atoms with E-state index in [1.807, 2.05) is 0 Å². The molecule has 0 bridgehead atoms. The Balaban J connectivity index is -0.000000333. The van der Waals surface area contributed by atoms with E-state index >= 15 is 0 Å². The maximum absolute atomic E-state index is 2.29. The van der Waals surface area contributed by atoms with Gasteiger partial charge < -0.3 is 14.9 Å². The zero-order valence-corrected chi connectivity index (χ0v) is 11.6. The van der Waals surface area contributed by atoms with Crippen molar-refractivity contribution in [1.82, 2.24) is 0 Å². The molecular weight excluding hydrogens is 339 g/mol. The standard InChI is InChI=1S/C10H16.2CH3.Pt/c1-9-7-5-3-4-6-8-10(9)2;;;/h5,7H,3-4,6,8H2,1-2H3;2*1H3;/q;2*-1;+2. The molecule has 13 heavy (non-hydrogen) atoms. The molecule has 0 spiro atoms. The molecule has 0 heterocycles. The van der Waals surface area contributed by atoms with E-state index in [1.54, 1.807) is 5.57 Å². The van der Waals surface area contributed by atoms with Crippen LogP contribution in [0.2, 0.25) is 0 Å². The van der Waals surface area contributed by atoms with Gasteiger partial charge in [-0.1, -0.05) is 23.3 Å². The maximum atomic E-state index is 2.29. The van der Waals surface area contributed by atoms with Gasteiger partial charge in [-0.2, -0.15) is 0 Å². The molecule has 0 fully saturated rings. The number of rotatable bonds is 0. The summed E-state index contributed by atoms with van der Waals surface area (Å²) in [6, 6.07) is 0. The van der Waals surface area contributed by atoms with Gasteiger partial charge in [0.15, 0.2) is 0 Å². The second-order valence-corrected chi connectivity index (χ2v) is 3.11. The second kappa shape index (κ2) is 10.3. The van der Waals surface area contributed by atoms with Crippen LogP contribution in [0.5, 0.6) is 0 Å². The van der Waals surface area contributed by atoms with Gasteiger partial charge in [0.1, 0.15) is 0 Å². The summed E-state index contributed by atoms with van der Waals surface area (Å²) in [6.45, 7) is 4.45. The van der Waals surface area contributed by atoms with Crippen molar-refractivity contribution in [2.75, 3.05) is 0 Å². The van der Waals surface area contributed by atoms with Crippen molar-refractivity contribution in [2.24, 2.45) is 0 Å². The topological polar surface area (TPSA) is 0 Å². The van der Waals surface area contributed by atoms with Gasteiger partial charge in [-0.05, 0) is 39.5 Å². The molecule has 0 unspecified atom stereocenters. The van der Waals surface area contributed by atoms with Crippen LogP contribution >= 0.6 is 0 Å². The van der Waals surface area contributed by atoms with Gasteiger partial charge in [0.25, 0.3) is 0 Å². The Bertz CT molecular complexity index is 166. The summed E-state index contributed by atoms with van der Waals surface area (Å²) in [7, 11) is 0. The van der Waals surface area contributed by atoms with E-state index < -0.39 is 0 Å². The summed E-state index contributed by atoms with van der Waals surface area (Å²) in [4.78, 5) is 0. The zero-order chi connectivity index (χ0) is 7.40. The molecule has 0 aromatic carbocycles. The molecule has 0 radical (unpaired) electrons. The van der Waals surface area contributed by atoms with Gasteiger partial charge >= 0.3 is 21.1 Å². The van der Waals surface area contributed by atoms with Gasteiger partial charge in [-0.15, -0.1) is 0 Å². The van der Waals surface area contributed by atoms with Crippen LogP contribution in [0.1, 0.15) is 39.5 Å². The van der Waals surface area contributed by atoms with Crippen LogP contribution in [-0.2, 0) is 21.1 Å². The van der Waals surface area contributed by atoms with E-state index in [4.69, 9.17) is 0 Å². The molecule has 0 saturated heterocycles. The first-order chi connectivity index (χ1) is 4.80. The third-order valence-electron chi connectivity index (χ3n) is 2.21. The maximum Gasteiger partial charge on any atom is 2.00 e. The number of hydrogen-bond acceptors (Lipinski definition) is 0. The SMILES string of the molecule is CC1=C(C)CCCCC=C1.[CH3-].[CH3-].[Pt+2]. The van der Waals surface area contributed by atoms with Crippen molar-refractivity contribution in [2.45, 2.75) is 39.5 Å². The molecule has 1 rings (SSSR count). The molecule has 1 aliphatic rings. The smallest absolute Gasteiger partial charge is 0.358 e. The van der Waals surface area contributed by atoms with Gasteiger partial charge in [0.2, 0.25) is 0 Å². The summed E-state index contributed by atoms with van der Waals surface area (Å²) >= 11 is 0. The predicted molar refractivity (Wildman–Crippen MR) is 58.8 cm³/mol. The van der Waals surface area contributed by atoms with E-state index in [9.17, 15) is 0 Å². The quantitative estimate of drug-likeness (QED) is 0.563. The largest absolute Gasteiger partial charge is 2.00 e. The molecule has 0 aromatic rings. The summed E-state index contributed by atoms with van der Waals surface area (Å²) < 4.78 is 0. The monoisotopic (exact) mass is 361 g/mol. The molecule has 0 saturated carbocycles. The summed E-state index contributed by atoms with van der Waals surface area (Å²) in [5.74, 6) is 0. The van der Waals surface area contributed by atoms with Crippen LogP contribution in [0.25, 0.3) is 0 Å². The molecule has 1 aliphatic carbocycles. The molecule has 0 aliphatic heterocycles. The third-order valence-corrected chi connectivity index (χ3v) is 2.21. The van der Waals surface area contributed by atoms with E-state index in [1.165, 1.54) is 31.3 Å². The van der Waals surface area contributed by atoms with Crippen LogP contribution < -0.4 is 0 Å². The van der Waals surface area contributed by atoms with E-state index in [0.717, 1.165) is 0 Å². The Hall–Kier alpha value is 0.168. The summed E-state index contributed by atoms with van der Waals surface area (Å²) in [6.07, 6.45) is 9.85. The van der Waals surface area contributed by atoms with Gasteiger partial charge in [-0.3, -0.25) is 0 Å². The van der Waals surface area contributed by atoms with Gasteiger partial charge in [0, 0.05) is 0 Å². The normalized spacial score (nSPS) is 15.8. The van der Waals surface area contributed by atoms with Crippen LogP contribution in [0.4, 0.5) is 0 Å². The van der Waals surface area contributed by atoms with Crippen molar-refractivity contribution in [1.29, 1.82) is 0 Å². The van der Waals surface area contributed by atoms with Crippen LogP contribution in [-0.4, -0.2) is 0 Å². The molecular formula is C12H22Pt. The minimum Gasteiger partial charge on any atom is -0.358 e. The summed E-state index contributed by atoms with van der Waals surface area (Å²) in [5.41, 5.74) is 3.04. The third kappa shape index (κ3) is 7.26. The van der Waals surface area contributed by atoms with Gasteiger partial charge in [-0.25, -0.2) is 0 Å². The average Bonchev–Trinajstić information content (AvgIpc) is 1.92. The van der Waals surface area contributed by atoms with E-state index in [0.29, 0.717) is 0 Å². The molecule has 0 amide bonds. The molecule has 0 nitrogen and oxygen atoms in total. The average molecular weight is 361 g/mol. The second-order valence-electron chi connectivity index (χ2n) is 3.11. The molecule has 80 valence electrons. The van der Waals surface area contributed by atoms with Crippen LogP contribution in [0, 0.1) is 14.9 Å². The number of allylic oxidation sites excluding steroid dienone is 4. The molecule has 1 heteroatoms. The first-order valence-corrected chi connectivity index (χ1v) is 4.13. The minimum absolute atomic E-state index is 0. The Labute approximate surface area is 98.8 Å². The fourth-order valence-corrected chi connectivity index (χ4v) is 1.25. The zero-order valence-electron chi connectivity index (χ0n) is 9.30. The Morgan fingerprint density at radius 3 is 2.31 bits per heavy atom. The van der Waals surface area contributed by atoms with Gasteiger partial charge in [0.05, 0.1) is 0 Å².